The van der Waals surface area contributed by atoms with E-state index in [1.807, 2.05) is 0 Å². The number of H-pyrrole nitrogens is 1. The van der Waals surface area contributed by atoms with Crippen molar-refractivity contribution in [3.63, 3.8) is 0 Å². The van der Waals surface area contributed by atoms with Crippen LogP contribution in [0.3, 0.4) is 0 Å². The summed E-state index contributed by atoms with van der Waals surface area (Å²) in [5.74, 6) is -1.01. The van der Waals surface area contributed by atoms with Crippen LogP contribution in [0.4, 0.5) is 0 Å². The molecule has 1 saturated carbocycles. The van der Waals surface area contributed by atoms with Crippen LogP contribution in [0.2, 0.25) is 0 Å². The van der Waals surface area contributed by atoms with Crippen molar-refractivity contribution in [1.29, 1.82) is 0 Å². The monoisotopic (exact) mass is 167 g/mol. The maximum absolute atomic E-state index is 10.6. The lowest BCUT2D eigenvalue weighted by atomic mass is 10.1. The standard InChI is InChI=1S/C7H9N3O2/c8-7(6(11)12)1-5(7)4-2-9-10-3-4/h2-3,5H,1,8H2,(H,9,10)(H,11,12)/t5-,7+/m0/s1. The van der Waals surface area contributed by atoms with Gasteiger partial charge in [0.05, 0.1) is 6.20 Å². The van der Waals surface area contributed by atoms with E-state index >= 15 is 0 Å². The molecule has 2 rings (SSSR count). The third kappa shape index (κ3) is 0.831. The first-order chi connectivity index (χ1) is 5.64. The number of aromatic nitrogens is 2. The van der Waals surface area contributed by atoms with Crippen molar-refractivity contribution in [3.8, 4) is 0 Å². The highest BCUT2D eigenvalue weighted by atomic mass is 16.4. The van der Waals surface area contributed by atoms with Gasteiger partial charge in [-0.1, -0.05) is 0 Å². The lowest BCUT2D eigenvalue weighted by Gasteiger charge is -2.01. The number of nitrogens with zero attached hydrogens (tertiary/aromatic N) is 1. The third-order valence-corrected chi connectivity index (χ3v) is 2.32. The van der Waals surface area contributed by atoms with Gasteiger partial charge in [0.1, 0.15) is 5.54 Å². The Balaban J connectivity index is 2.19. The van der Waals surface area contributed by atoms with Gasteiger partial charge >= 0.3 is 5.97 Å². The Hall–Kier alpha value is -1.36. The molecule has 12 heavy (non-hydrogen) atoms. The van der Waals surface area contributed by atoms with Crippen molar-refractivity contribution in [2.24, 2.45) is 5.73 Å². The molecule has 0 saturated heterocycles. The maximum Gasteiger partial charge on any atom is 0.324 e. The first-order valence-corrected chi connectivity index (χ1v) is 3.65. The Bertz CT molecular complexity index is 308. The largest absolute Gasteiger partial charge is 0.480 e. The predicted octanol–water partition coefficient (Wildman–Crippen LogP) is -0.321. The molecule has 1 aliphatic carbocycles. The zero-order valence-electron chi connectivity index (χ0n) is 6.32. The molecule has 1 heterocycles. The van der Waals surface area contributed by atoms with Crippen LogP contribution < -0.4 is 5.73 Å². The number of aliphatic carboxylic acids is 1. The van der Waals surface area contributed by atoms with Gasteiger partial charge in [0, 0.05) is 12.1 Å². The summed E-state index contributed by atoms with van der Waals surface area (Å²) in [6, 6.07) is 0. The van der Waals surface area contributed by atoms with Crippen LogP contribution in [0.5, 0.6) is 0 Å². The highest BCUT2D eigenvalue weighted by molar-refractivity contribution is 5.84. The van der Waals surface area contributed by atoms with Crippen molar-refractivity contribution < 1.29 is 9.90 Å². The van der Waals surface area contributed by atoms with Crippen molar-refractivity contribution in [2.45, 2.75) is 17.9 Å². The molecule has 1 aromatic heterocycles. The van der Waals surface area contributed by atoms with E-state index in [0.717, 1.165) is 5.56 Å². The second kappa shape index (κ2) is 2.07. The second-order valence-electron chi connectivity index (χ2n) is 3.13. The van der Waals surface area contributed by atoms with Crippen LogP contribution in [0.25, 0.3) is 0 Å². The van der Waals surface area contributed by atoms with Crippen molar-refractivity contribution in [3.05, 3.63) is 18.0 Å². The molecule has 5 heteroatoms. The summed E-state index contributed by atoms with van der Waals surface area (Å²) in [4.78, 5) is 10.6. The van der Waals surface area contributed by atoms with Crippen LogP contribution in [0.15, 0.2) is 12.4 Å². The fourth-order valence-electron chi connectivity index (χ4n) is 1.38. The zero-order chi connectivity index (χ0) is 8.77. The molecule has 1 aromatic rings. The predicted molar refractivity (Wildman–Crippen MR) is 40.5 cm³/mol. The molecule has 0 aromatic carbocycles. The molecule has 1 fully saturated rings. The fraction of sp³-hybridized carbons (Fsp3) is 0.429. The van der Waals surface area contributed by atoms with E-state index in [-0.39, 0.29) is 5.92 Å². The van der Waals surface area contributed by atoms with E-state index in [9.17, 15) is 4.79 Å². The summed E-state index contributed by atoms with van der Waals surface area (Å²) in [5, 5.41) is 15.1. The van der Waals surface area contributed by atoms with E-state index in [0.29, 0.717) is 6.42 Å². The lowest BCUT2D eigenvalue weighted by molar-refractivity contribution is -0.139. The first-order valence-electron chi connectivity index (χ1n) is 3.65. The van der Waals surface area contributed by atoms with Gasteiger partial charge in [-0.3, -0.25) is 9.89 Å². The molecular weight excluding hydrogens is 158 g/mol. The van der Waals surface area contributed by atoms with E-state index < -0.39 is 11.5 Å². The normalized spacial score (nSPS) is 33.2. The number of hydrogen-bond donors (Lipinski definition) is 3. The Kier molecular flexibility index (Phi) is 1.26. The van der Waals surface area contributed by atoms with Crippen LogP contribution in [-0.4, -0.2) is 26.8 Å². The summed E-state index contributed by atoms with van der Waals surface area (Å²) in [5.41, 5.74) is 5.41. The summed E-state index contributed by atoms with van der Waals surface area (Å²) < 4.78 is 0. The minimum atomic E-state index is -1.05. The number of hydrogen-bond acceptors (Lipinski definition) is 3. The van der Waals surface area contributed by atoms with Gasteiger partial charge in [-0.2, -0.15) is 5.10 Å². The van der Waals surface area contributed by atoms with E-state index in [1.54, 1.807) is 12.4 Å². The van der Waals surface area contributed by atoms with Crippen LogP contribution >= 0.6 is 0 Å². The van der Waals surface area contributed by atoms with Gasteiger partial charge in [-0.25, -0.2) is 0 Å². The molecule has 0 amide bonds. The Labute approximate surface area is 68.6 Å². The van der Waals surface area contributed by atoms with Gasteiger partial charge in [0.2, 0.25) is 0 Å². The average Bonchev–Trinajstić information content (AvgIpc) is 2.49. The minimum Gasteiger partial charge on any atom is -0.480 e. The molecule has 0 radical (unpaired) electrons. The van der Waals surface area contributed by atoms with Crippen LogP contribution in [0.1, 0.15) is 17.9 Å². The highest BCUT2D eigenvalue weighted by Gasteiger charge is 2.58. The molecule has 4 N–H and O–H groups in total. The lowest BCUT2D eigenvalue weighted by Crippen LogP contribution is -2.34. The molecule has 2 atom stereocenters. The minimum absolute atomic E-state index is 0.0752. The van der Waals surface area contributed by atoms with E-state index in [1.165, 1.54) is 0 Å². The maximum atomic E-state index is 10.6. The van der Waals surface area contributed by atoms with Gasteiger partial charge in [-0.15, -0.1) is 0 Å². The zero-order valence-corrected chi connectivity index (χ0v) is 6.32. The number of carboxylic acid groups (broad SMARTS) is 1. The molecule has 0 spiro atoms. The van der Waals surface area contributed by atoms with Gasteiger partial charge in [-0.05, 0) is 12.0 Å². The van der Waals surface area contributed by atoms with Crippen molar-refractivity contribution >= 4 is 5.97 Å². The smallest absolute Gasteiger partial charge is 0.324 e. The summed E-state index contributed by atoms with van der Waals surface area (Å²) in [6.07, 6.45) is 3.80. The second-order valence-corrected chi connectivity index (χ2v) is 3.13. The summed E-state index contributed by atoms with van der Waals surface area (Å²) in [6.45, 7) is 0. The molecule has 0 bridgehead atoms. The molecule has 5 nitrogen and oxygen atoms in total. The van der Waals surface area contributed by atoms with Crippen LogP contribution in [0, 0.1) is 0 Å². The van der Waals surface area contributed by atoms with E-state index in [4.69, 9.17) is 10.8 Å². The number of carbonyl (C=O) groups is 1. The number of rotatable bonds is 2. The summed E-state index contributed by atoms with van der Waals surface area (Å²) in [7, 11) is 0. The van der Waals surface area contributed by atoms with Crippen molar-refractivity contribution in [2.75, 3.05) is 0 Å². The summed E-state index contributed by atoms with van der Waals surface area (Å²) >= 11 is 0. The quantitative estimate of drug-likeness (QED) is 0.562. The molecule has 0 unspecified atom stereocenters. The van der Waals surface area contributed by atoms with Gasteiger partial charge in [0.15, 0.2) is 0 Å². The number of nitrogens with one attached hydrogen (secondary N) is 1. The molecular formula is C7H9N3O2. The average molecular weight is 167 g/mol. The van der Waals surface area contributed by atoms with Gasteiger partial charge < -0.3 is 10.8 Å². The SMILES string of the molecule is N[C@]1(C(=O)O)C[C@H]1c1cn[nH]c1. The number of aromatic amines is 1. The molecule has 1 aliphatic rings. The Morgan fingerprint density at radius 2 is 2.67 bits per heavy atom. The van der Waals surface area contributed by atoms with Crippen molar-refractivity contribution in [1.82, 2.24) is 10.2 Å². The topological polar surface area (TPSA) is 92.0 Å². The first kappa shape index (κ1) is 7.30. The van der Waals surface area contributed by atoms with E-state index in [2.05, 4.69) is 10.2 Å². The van der Waals surface area contributed by atoms with Crippen LogP contribution in [-0.2, 0) is 4.79 Å². The number of carboxylic acids is 1. The molecule has 64 valence electrons. The Morgan fingerprint density at radius 3 is 3.08 bits per heavy atom. The Morgan fingerprint density at radius 1 is 1.92 bits per heavy atom. The number of nitrogens with two attached hydrogens (primary N) is 1. The van der Waals surface area contributed by atoms with Gasteiger partial charge in [0.25, 0.3) is 0 Å². The fourth-order valence-corrected chi connectivity index (χ4v) is 1.38. The highest BCUT2D eigenvalue weighted by Crippen LogP contribution is 2.49. The molecule has 0 aliphatic heterocycles. The third-order valence-electron chi connectivity index (χ3n) is 2.32.